The molecule has 0 aliphatic carbocycles. The van der Waals surface area contributed by atoms with Gasteiger partial charge in [-0.1, -0.05) is 26.0 Å². The molecule has 0 saturated heterocycles. The predicted octanol–water partition coefficient (Wildman–Crippen LogP) is 2.79. The highest BCUT2D eigenvalue weighted by Crippen LogP contribution is 2.30. The van der Waals surface area contributed by atoms with Crippen LogP contribution in [0, 0.1) is 6.92 Å². The summed E-state index contributed by atoms with van der Waals surface area (Å²) < 4.78 is 56.0. The molecule has 1 N–H and O–H groups in total. The van der Waals surface area contributed by atoms with Crippen molar-refractivity contribution in [3.8, 4) is 5.75 Å². The van der Waals surface area contributed by atoms with E-state index >= 15 is 0 Å². The van der Waals surface area contributed by atoms with Gasteiger partial charge >= 0.3 is 10.1 Å². The Bertz CT molecular complexity index is 963. The van der Waals surface area contributed by atoms with Crippen LogP contribution >= 0.6 is 0 Å². The van der Waals surface area contributed by atoms with Crippen molar-refractivity contribution in [2.75, 3.05) is 7.05 Å². The Morgan fingerprint density at radius 1 is 0.920 bits per heavy atom. The zero-order chi connectivity index (χ0) is 18.8. The number of rotatable bonds is 6. The fourth-order valence-electron chi connectivity index (χ4n) is 2.26. The maximum Gasteiger partial charge on any atom is 0.339 e. The highest BCUT2D eigenvalue weighted by molar-refractivity contribution is 7.89. The van der Waals surface area contributed by atoms with Crippen LogP contribution in [-0.2, 0) is 20.1 Å². The third kappa shape index (κ3) is 4.39. The second-order valence-corrected chi connectivity index (χ2v) is 9.35. The number of hydrogen-bond acceptors (Lipinski definition) is 5. The number of nitrogens with one attached hydrogen (secondary N) is 1. The average Bonchev–Trinajstić information content (AvgIpc) is 2.54. The molecule has 0 unspecified atom stereocenters. The number of benzene rings is 2. The van der Waals surface area contributed by atoms with E-state index in [0.29, 0.717) is 0 Å². The Kier molecular flexibility index (Phi) is 5.55. The quantitative estimate of drug-likeness (QED) is 0.775. The van der Waals surface area contributed by atoms with Crippen molar-refractivity contribution in [1.29, 1.82) is 0 Å². The van der Waals surface area contributed by atoms with E-state index in [1.807, 2.05) is 32.9 Å². The third-order valence-corrected chi connectivity index (χ3v) is 6.36. The van der Waals surface area contributed by atoms with Gasteiger partial charge in [-0.25, -0.2) is 13.1 Å². The Hall–Kier alpha value is -1.90. The second kappa shape index (κ2) is 7.15. The average molecular weight is 383 g/mol. The van der Waals surface area contributed by atoms with E-state index in [2.05, 4.69) is 4.72 Å². The van der Waals surface area contributed by atoms with E-state index in [0.717, 1.165) is 11.1 Å². The summed E-state index contributed by atoms with van der Waals surface area (Å²) in [6.45, 7) is 5.74. The lowest BCUT2D eigenvalue weighted by atomic mass is 10.0. The fourth-order valence-corrected chi connectivity index (χ4v) is 3.94. The molecule has 136 valence electrons. The first kappa shape index (κ1) is 19.4. The molecule has 2 aromatic carbocycles. The summed E-state index contributed by atoms with van der Waals surface area (Å²) in [6, 6.07) is 10.3. The molecule has 0 atom stereocenters. The summed E-state index contributed by atoms with van der Waals surface area (Å²) >= 11 is 0. The van der Waals surface area contributed by atoms with Gasteiger partial charge in [-0.3, -0.25) is 0 Å². The van der Waals surface area contributed by atoms with Gasteiger partial charge < -0.3 is 4.18 Å². The maximum absolute atomic E-state index is 12.5. The summed E-state index contributed by atoms with van der Waals surface area (Å²) in [5, 5.41) is 0. The lowest BCUT2D eigenvalue weighted by Gasteiger charge is -2.14. The van der Waals surface area contributed by atoms with Crippen molar-refractivity contribution < 1.29 is 21.0 Å². The van der Waals surface area contributed by atoms with Crippen molar-refractivity contribution >= 4 is 20.1 Å². The molecule has 0 fully saturated rings. The van der Waals surface area contributed by atoms with Crippen molar-refractivity contribution in [3.05, 3.63) is 53.6 Å². The zero-order valence-corrected chi connectivity index (χ0v) is 16.1. The van der Waals surface area contributed by atoms with Crippen LogP contribution in [0.5, 0.6) is 5.75 Å². The van der Waals surface area contributed by atoms with Crippen molar-refractivity contribution in [1.82, 2.24) is 4.72 Å². The van der Waals surface area contributed by atoms with E-state index in [-0.39, 0.29) is 21.5 Å². The number of hydrogen-bond donors (Lipinski definition) is 1. The molecule has 0 spiro atoms. The summed E-state index contributed by atoms with van der Waals surface area (Å²) in [5.74, 6) is 0.371. The van der Waals surface area contributed by atoms with Crippen LogP contribution in [0.3, 0.4) is 0 Å². The van der Waals surface area contributed by atoms with Gasteiger partial charge in [-0.2, -0.15) is 8.42 Å². The summed E-state index contributed by atoms with van der Waals surface area (Å²) in [6.07, 6.45) is 0. The number of sulfonamides is 1. The topological polar surface area (TPSA) is 89.5 Å². The third-order valence-electron chi connectivity index (χ3n) is 3.68. The molecule has 0 bridgehead atoms. The second-order valence-electron chi connectivity index (χ2n) is 5.91. The van der Waals surface area contributed by atoms with Crippen LogP contribution in [-0.4, -0.2) is 23.9 Å². The van der Waals surface area contributed by atoms with Crippen LogP contribution < -0.4 is 8.91 Å². The first-order valence-electron chi connectivity index (χ1n) is 7.65. The van der Waals surface area contributed by atoms with Crippen LogP contribution in [0.1, 0.15) is 30.9 Å². The van der Waals surface area contributed by atoms with Crippen LogP contribution in [0.2, 0.25) is 0 Å². The van der Waals surface area contributed by atoms with Crippen LogP contribution in [0.4, 0.5) is 0 Å². The van der Waals surface area contributed by atoms with Gasteiger partial charge in [0.2, 0.25) is 10.0 Å². The van der Waals surface area contributed by atoms with Crippen LogP contribution in [0.15, 0.2) is 52.3 Å². The van der Waals surface area contributed by atoms with E-state index in [9.17, 15) is 16.8 Å². The first-order valence-corrected chi connectivity index (χ1v) is 10.5. The number of aryl methyl sites for hydroxylation is 1. The van der Waals surface area contributed by atoms with E-state index in [1.165, 1.54) is 31.3 Å². The van der Waals surface area contributed by atoms with E-state index in [4.69, 9.17) is 4.18 Å². The van der Waals surface area contributed by atoms with Gasteiger partial charge in [0.15, 0.2) is 0 Å². The van der Waals surface area contributed by atoms with Gasteiger partial charge in [0, 0.05) is 0 Å². The molecule has 0 heterocycles. The highest BCUT2D eigenvalue weighted by atomic mass is 32.2. The van der Waals surface area contributed by atoms with Crippen molar-refractivity contribution in [2.45, 2.75) is 36.5 Å². The Morgan fingerprint density at radius 3 is 2.00 bits per heavy atom. The molecule has 0 amide bonds. The lowest BCUT2D eigenvalue weighted by molar-refractivity contribution is 0.481. The van der Waals surface area contributed by atoms with E-state index in [1.54, 1.807) is 6.07 Å². The molecule has 8 heteroatoms. The minimum atomic E-state index is -4.07. The highest BCUT2D eigenvalue weighted by Gasteiger charge is 2.21. The first-order chi connectivity index (χ1) is 11.6. The lowest BCUT2D eigenvalue weighted by Crippen LogP contribution is -2.18. The SMILES string of the molecule is CNS(=O)(=O)c1ccc(S(=O)(=O)Oc2cc(C)ccc2C(C)C)cc1. The molecule has 0 aliphatic heterocycles. The monoisotopic (exact) mass is 383 g/mol. The summed E-state index contributed by atoms with van der Waals surface area (Å²) in [4.78, 5) is -0.133. The molecule has 6 nitrogen and oxygen atoms in total. The van der Waals surface area contributed by atoms with Crippen LogP contribution in [0.25, 0.3) is 0 Å². The van der Waals surface area contributed by atoms with Gasteiger partial charge in [0.1, 0.15) is 10.6 Å². The largest absolute Gasteiger partial charge is 0.379 e. The molecule has 2 aromatic rings. The molecule has 0 aliphatic rings. The van der Waals surface area contributed by atoms with E-state index < -0.39 is 20.1 Å². The van der Waals surface area contributed by atoms with Crippen molar-refractivity contribution in [2.24, 2.45) is 0 Å². The minimum absolute atomic E-state index is 0.0209. The standard InChI is InChI=1S/C17H21NO5S2/c1-12(2)16-10-5-13(3)11-17(16)23-25(21,22)15-8-6-14(7-9-15)24(19,20)18-4/h5-12,18H,1-4H3. The minimum Gasteiger partial charge on any atom is -0.379 e. The molecule has 2 rings (SSSR count). The summed E-state index contributed by atoms with van der Waals surface area (Å²) in [5.41, 5.74) is 1.66. The van der Waals surface area contributed by atoms with Gasteiger partial charge in [0.25, 0.3) is 0 Å². The molecule has 0 aromatic heterocycles. The predicted molar refractivity (Wildman–Crippen MR) is 95.8 cm³/mol. The smallest absolute Gasteiger partial charge is 0.339 e. The molecule has 0 radical (unpaired) electrons. The van der Waals surface area contributed by atoms with Gasteiger partial charge in [0.05, 0.1) is 4.90 Å². The van der Waals surface area contributed by atoms with Crippen molar-refractivity contribution in [3.63, 3.8) is 0 Å². The molecular formula is C17H21NO5S2. The molecular weight excluding hydrogens is 362 g/mol. The normalized spacial score (nSPS) is 12.4. The summed E-state index contributed by atoms with van der Waals surface area (Å²) in [7, 11) is -6.41. The maximum atomic E-state index is 12.5. The Morgan fingerprint density at radius 2 is 1.48 bits per heavy atom. The fraction of sp³-hybridized carbons (Fsp3) is 0.294. The Balaban J connectivity index is 2.39. The zero-order valence-electron chi connectivity index (χ0n) is 14.5. The molecule has 25 heavy (non-hydrogen) atoms. The Labute approximate surface area is 149 Å². The molecule has 0 saturated carbocycles. The van der Waals surface area contributed by atoms with Gasteiger partial charge in [-0.05, 0) is 61.3 Å². The van der Waals surface area contributed by atoms with Gasteiger partial charge in [-0.15, -0.1) is 0 Å².